The number of carbonyl (C=O) groups excluding carboxylic acids is 1. The van der Waals surface area contributed by atoms with Crippen molar-refractivity contribution < 1.29 is 14.1 Å². The Labute approximate surface area is 224 Å². The molecule has 1 saturated carbocycles. The standard InChI is InChI=1S/C27H25Cl2N5O3/c28-22-2-1-3-23(29)24(22)25-21(26(37-33-25)16-4-5-16)14-36-20-9-18-6-7-19(10-20)34(18)27(35)32-17-8-15(11-30)12-31-13-17/h1-3,8,12-13,16,18-20H,4-7,9-10,14H2,(H,32,35)/t18-,19?,20?/m0/s1. The van der Waals surface area contributed by atoms with Crippen LogP contribution in [0.3, 0.4) is 0 Å². The summed E-state index contributed by atoms with van der Waals surface area (Å²) in [5.74, 6) is 1.22. The van der Waals surface area contributed by atoms with Crippen LogP contribution in [0.15, 0.2) is 41.2 Å². The van der Waals surface area contributed by atoms with Crippen molar-refractivity contribution in [2.45, 2.75) is 69.2 Å². The van der Waals surface area contributed by atoms with Crippen molar-refractivity contribution in [2.24, 2.45) is 0 Å². The van der Waals surface area contributed by atoms with Gasteiger partial charge in [-0.1, -0.05) is 34.4 Å². The fourth-order valence-corrected chi connectivity index (χ4v) is 6.18. The lowest BCUT2D eigenvalue weighted by molar-refractivity contribution is -0.0158. The number of benzene rings is 1. The average Bonchev–Trinajstić information content (AvgIpc) is 3.59. The van der Waals surface area contributed by atoms with Gasteiger partial charge in [0, 0.05) is 35.3 Å². The first-order valence-electron chi connectivity index (χ1n) is 12.5. The van der Waals surface area contributed by atoms with E-state index in [2.05, 4.69) is 15.5 Å². The fraction of sp³-hybridized carbons (Fsp3) is 0.407. The zero-order chi connectivity index (χ0) is 25.5. The van der Waals surface area contributed by atoms with Gasteiger partial charge in [0.25, 0.3) is 0 Å². The van der Waals surface area contributed by atoms with Gasteiger partial charge in [0.05, 0.1) is 40.2 Å². The Kier molecular flexibility index (Phi) is 6.53. The topological polar surface area (TPSA) is 104 Å². The fourth-order valence-electron chi connectivity index (χ4n) is 5.60. The summed E-state index contributed by atoms with van der Waals surface area (Å²) in [6.07, 6.45) is 8.57. The number of hydrogen-bond acceptors (Lipinski definition) is 6. The number of halogens is 2. The summed E-state index contributed by atoms with van der Waals surface area (Å²) in [5.41, 5.74) is 3.15. The van der Waals surface area contributed by atoms with E-state index in [1.807, 2.05) is 17.0 Å². The zero-order valence-electron chi connectivity index (χ0n) is 20.0. The molecule has 2 bridgehead atoms. The molecule has 3 atom stereocenters. The number of nitrogens with one attached hydrogen (secondary N) is 1. The summed E-state index contributed by atoms with van der Waals surface area (Å²) in [6, 6.07) is 9.11. The van der Waals surface area contributed by atoms with E-state index in [4.69, 9.17) is 37.7 Å². The molecule has 8 nitrogen and oxygen atoms in total. The second kappa shape index (κ2) is 9.97. The summed E-state index contributed by atoms with van der Waals surface area (Å²) >= 11 is 13.0. The van der Waals surface area contributed by atoms with E-state index in [0.717, 1.165) is 49.8 Å². The molecule has 3 aromatic rings. The van der Waals surface area contributed by atoms with Crippen molar-refractivity contribution in [2.75, 3.05) is 5.32 Å². The number of nitriles is 1. The molecule has 2 aromatic heterocycles. The van der Waals surface area contributed by atoms with Crippen LogP contribution in [0, 0.1) is 11.3 Å². The smallest absolute Gasteiger partial charge is 0.322 e. The maximum Gasteiger partial charge on any atom is 0.322 e. The number of piperidine rings is 1. The summed E-state index contributed by atoms with van der Waals surface area (Å²) in [4.78, 5) is 19.0. The van der Waals surface area contributed by atoms with Crippen molar-refractivity contribution >= 4 is 34.9 Å². The van der Waals surface area contributed by atoms with Gasteiger partial charge in [-0.2, -0.15) is 5.26 Å². The number of urea groups is 1. The second-order valence-corrected chi connectivity index (χ2v) is 10.8. The van der Waals surface area contributed by atoms with Crippen LogP contribution in [-0.4, -0.2) is 39.3 Å². The number of pyridine rings is 1. The van der Waals surface area contributed by atoms with Crippen LogP contribution in [0.4, 0.5) is 10.5 Å². The number of ether oxygens (including phenoxy) is 1. The van der Waals surface area contributed by atoms with Gasteiger partial charge in [0.15, 0.2) is 0 Å². The first kappa shape index (κ1) is 24.2. The highest BCUT2D eigenvalue weighted by atomic mass is 35.5. The molecule has 1 N–H and O–H groups in total. The van der Waals surface area contributed by atoms with Gasteiger partial charge in [-0.05, 0) is 56.7 Å². The van der Waals surface area contributed by atoms with E-state index in [-0.39, 0.29) is 24.2 Å². The Balaban J connectivity index is 1.15. The first-order valence-corrected chi connectivity index (χ1v) is 13.3. The zero-order valence-corrected chi connectivity index (χ0v) is 21.5. The van der Waals surface area contributed by atoms with Crippen LogP contribution < -0.4 is 5.32 Å². The van der Waals surface area contributed by atoms with Gasteiger partial charge in [-0.25, -0.2) is 4.79 Å². The normalized spacial score (nSPS) is 22.6. The number of fused-ring (bicyclic) bond motifs is 2. The molecule has 3 fully saturated rings. The highest BCUT2D eigenvalue weighted by molar-refractivity contribution is 6.39. The molecule has 10 heteroatoms. The van der Waals surface area contributed by atoms with Crippen molar-refractivity contribution in [1.82, 2.24) is 15.0 Å². The summed E-state index contributed by atoms with van der Waals surface area (Å²) in [5, 5.41) is 17.4. The molecule has 4 heterocycles. The number of anilines is 1. The van der Waals surface area contributed by atoms with Gasteiger partial charge in [0.2, 0.25) is 0 Å². The minimum atomic E-state index is -0.159. The Morgan fingerprint density at radius 3 is 2.57 bits per heavy atom. The van der Waals surface area contributed by atoms with Crippen LogP contribution in [0.25, 0.3) is 11.3 Å². The van der Waals surface area contributed by atoms with Gasteiger partial charge in [0.1, 0.15) is 17.5 Å². The molecular formula is C27H25Cl2N5O3. The van der Waals surface area contributed by atoms with Crippen LogP contribution in [0.1, 0.15) is 61.3 Å². The Morgan fingerprint density at radius 1 is 1.16 bits per heavy atom. The highest BCUT2D eigenvalue weighted by Gasteiger charge is 2.44. The molecule has 1 aromatic carbocycles. The molecule has 1 aliphatic carbocycles. The third-order valence-electron chi connectivity index (χ3n) is 7.47. The number of aromatic nitrogens is 2. The molecule has 2 unspecified atom stereocenters. The number of carbonyl (C=O) groups is 1. The van der Waals surface area contributed by atoms with Crippen molar-refractivity contribution in [1.29, 1.82) is 5.26 Å². The summed E-state index contributed by atoms with van der Waals surface area (Å²) < 4.78 is 12.2. The third-order valence-corrected chi connectivity index (χ3v) is 8.10. The van der Waals surface area contributed by atoms with Crippen LogP contribution in [-0.2, 0) is 11.3 Å². The largest absolute Gasteiger partial charge is 0.373 e. The maximum atomic E-state index is 13.1. The van der Waals surface area contributed by atoms with E-state index in [0.29, 0.717) is 45.1 Å². The second-order valence-electron chi connectivity index (χ2n) is 9.95. The van der Waals surface area contributed by atoms with Crippen LogP contribution in [0.5, 0.6) is 0 Å². The molecule has 3 aliphatic rings. The molecule has 2 amide bonds. The molecule has 2 aliphatic heterocycles. The van der Waals surface area contributed by atoms with Gasteiger partial charge < -0.3 is 19.5 Å². The molecule has 0 radical (unpaired) electrons. The molecule has 190 valence electrons. The lowest BCUT2D eigenvalue weighted by Gasteiger charge is -2.38. The van der Waals surface area contributed by atoms with Crippen LogP contribution >= 0.6 is 23.2 Å². The summed E-state index contributed by atoms with van der Waals surface area (Å²) in [6.45, 7) is 0.356. The monoisotopic (exact) mass is 537 g/mol. The average molecular weight is 538 g/mol. The molecule has 37 heavy (non-hydrogen) atoms. The highest BCUT2D eigenvalue weighted by Crippen LogP contribution is 2.46. The number of hydrogen-bond donors (Lipinski definition) is 1. The number of rotatable bonds is 6. The predicted molar refractivity (Wildman–Crippen MR) is 138 cm³/mol. The quantitative estimate of drug-likeness (QED) is 0.382. The van der Waals surface area contributed by atoms with E-state index in [1.54, 1.807) is 24.4 Å². The number of nitrogens with zero attached hydrogens (tertiary/aromatic N) is 4. The van der Waals surface area contributed by atoms with Gasteiger partial charge in [-0.15, -0.1) is 0 Å². The minimum Gasteiger partial charge on any atom is -0.373 e. The van der Waals surface area contributed by atoms with Crippen molar-refractivity contribution in [3.8, 4) is 17.3 Å². The van der Waals surface area contributed by atoms with Crippen molar-refractivity contribution in [3.63, 3.8) is 0 Å². The predicted octanol–water partition coefficient (Wildman–Crippen LogP) is 6.54. The Hall–Kier alpha value is -3.12. The maximum absolute atomic E-state index is 13.1. The van der Waals surface area contributed by atoms with E-state index in [1.165, 1.54) is 6.20 Å². The van der Waals surface area contributed by atoms with E-state index in [9.17, 15) is 4.79 Å². The SMILES string of the molecule is N#Cc1cncc(NC(=O)N2C3CC[C@H]2CC(OCc2c(-c4c(Cl)cccc4Cl)noc2C2CC2)C3)c1. The number of amides is 2. The first-order chi connectivity index (χ1) is 18.0. The molecule has 6 rings (SSSR count). The molecular weight excluding hydrogens is 513 g/mol. The lowest BCUT2D eigenvalue weighted by Crippen LogP contribution is -2.50. The molecule has 2 saturated heterocycles. The molecule has 0 spiro atoms. The summed E-state index contributed by atoms with van der Waals surface area (Å²) in [7, 11) is 0. The lowest BCUT2D eigenvalue weighted by atomic mass is 9.99. The van der Waals surface area contributed by atoms with E-state index >= 15 is 0 Å². The van der Waals surface area contributed by atoms with Gasteiger partial charge >= 0.3 is 6.03 Å². The minimum absolute atomic E-state index is 0.0154. The van der Waals surface area contributed by atoms with E-state index < -0.39 is 0 Å². The van der Waals surface area contributed by atoms with Crippen LogP contribution in [0.2, 0.25) is 10.0 Å². The third kappa shape index (κ3) is 4.79. The Morgan fingerprint density at radius 2 is 1.89 bits per heavy atom. The Bertz CT molecular complexity index is 1350. The van der Waals surface area contributed by atoms with Crippen molar-refractivity contribution in [3.05, 3.63) is 63.6 Å². The van der Waals surface area contributed by atoms with Gasteiger partial charge in [-0.3, -0.25) is 4.98 Å².